The van der Waals surface area contributed by atoms with E-state index >= 15 is 0 Å². The van der Waals surface area contributed by atoms with Crippen LogP contribution in [0.3, 0.4) is 0 Å². The van der Waals surface area contributed by atoms with E-state index in [4.69, 9.17) is 0 Å². The van der Waals surface area contributed by atoms with Gasteiger partial charge in [-0.05, 0) is 78.6 Å². The Morgan fingerprint density at radius 3 is 1.91 bits per heavy atom. The SMILES string of the molecule is Cc1ccccc1Cc1ccccc1-c1ccc(C)c(C)c1C. The maximum atomic E-state index is 2.27. The van der Waals surface area contributed by atoms with Gasteiger partial charge in [-0.1, -0.05) is 60.7 Å². The van der Waals surface area contributed by atoms with Crippen LogP contribution in [0.4, 0.5) is 0 Å². The molecule has 0 atom stereocenters. The Kier molecular flexibility index (Phi) is 4.34. The van der Waals surface area contributed by atoms with E-state index in [2.05, 4.69) is 88.4 Å². The molecule has 0 radical (unpaired) electrons. The molecule has 0 aromatic heterocycles. The summed E-state index contributed by atoms with van der Waals surface area (Å²) in [7, 11) is 0. The van der Waals surface area contributed by atoms with Crippen LogP contribution < -0.4 is 0 Å². The van der Waals surface area contributed by atoms with Crippen LogP contribution in [0, 0.1) is 27.7 Å². The molecule has 0 saturated heterocycles. The lowest BCUT2D eigenvalue weighted by molar-refractivity contribution is 1.15. The molecule has 0 aliphatic carbocycles. The summed E-state index contributed by atoms with van der Waals surface area (Å²) >= 11 is 0. The third-order valence-corrected chi connectivity index (χ3v) is 5.01. The third kappa shape index (κ3) is 3.07. The molecule has 23 heavy (non-hydrogen) atoms. The zero-order valence-electron chi connectivity index (χ0n) is 14.5. The average Bonchev–Trinajstić information content (AvgIpc) is 2.56. The lowest BCUT2D eigenvalue weighted by Crippen LogP contribution is -1.97. The molecule has 0 aliphatic heterocycles. The second-order valence-electron chi connectivity index (χ2n) is 6.44. The van der Waals surface area contributed by atoms with Gasteiger partial charge in [-0.15, -0.1) is 0 Å². The van der Waals surface area contributed by atoms with Crippen LogP contribution in [-0.2, 0) is 6.42 Å². The Labute approximate surface area is 139 Å². The van der Waals surface area contributed by atoms with Gasteiger partial charge in [0.2, 0.25) is 0 Å². The highest BCUT2D eigenvalue weighted by atomic mass is 14.2. The highest BCUT2D eigenvalue weighted by molar-refractivity contribution is 5.72. The molecule has 0 heteroatoms. The van der Waals surface area contributed by atoms with Crippen molar-refractivity contribution in [2.75, 3.05) is 0 Å². The first-order valence-corrected chi connectivity index (χ1v) is 8.27. The van der Waals surface area contributed by atoms with Crippen molar-refractivity contribution in [3.05, 3.63) is 94.0 Å². The molecule has 116 valence electrons. The summed E-state index contributed by atoms with van der Waals surface area (Å²) in [5, 5.41) is 0. The van der Waals surface area contributed by atoms with Gasteiger partial charge in [-0.3, -0.25) is 0 Å². The Morgan fingerprint density at radius 2 is 1.17 bits per heavy atom. The summed E-state index contributed by atoms with van der Waals surface area (Å²) < 4.78 is 0. The van der Waals surface area contributed by atoms with Gasteiger partial charge in [0.15, 0.2) is 0 Å². The lowest BCUT2D eigenvalue weighted by atomic mass is 9.89. The van der Waals surface area contributed by atoms with Crippen molar-refractivity contribution in [2.24, 2.45) is 0 Å². The minimum atomic E-state index is 0.981. The van der Waals surface area contributed by atoms with Crippen molar-refractivity contribution < 1.29 is 0 Å². The normalized spacial score (nSPS) is 10.8. The van der Waals surface area contributed by atoms with Gasteiger partial charge in [-0.25, -0.2) is 0 Å². The first kappa shape index (κ1) is 15.6. The number of aryl methyl sites for hydroxylation is 2. The largest absolute Gasteiger partial charge is 0.0620 e. The summed E-state index contributed by atoms with van der Waals surface area (Å²) in [6, 6.07) is 22.0. The number of hydrogen-bond donors (Lipinski definition) is 0. The second kappa shape index (κ2) is 6.42. The van der Waals surface area contributed by atoms with Gasteiger partial charge in [0.25, 0.3) is 0 Å². The number of hydrogen-bond acceptors (Lipinski definition) is 0. The van der Waals surface area contributed by atoms with Crippen LogP contribution in [0.25, 0.3) is 11.1 Å². The Balaban J connectivity index is 2.09. The Morgan fingerprint density at radius 1 is 0.522 bits per heavy atom. The molecule has 0 N–H and O–H groups in total. The van der Waals surface area contributed by atoms with Crippen LogP contribution in [-0.4, -0.2) is 0 Å². The molecule has 0 amide bonds. The molecular weight excluding hydrogens is 276 g/mol. The minimum absolute atomic E-state index is 0.981. The topological polar surface area (TPSA) is 0 Å². The monoisotopic (exact) mass is 300 g/mol. The number of rotatable bonds is 3. The first-order chi connectivity index (χ1) is 11.1. The predicted molar refractivity (Wildman–Crippen MR) is 100 cm³/mol. The molecule has 0 aliphatic rings. The van der Waals surface area contributed by atoms with E-state index in [9.17, 15) is 0 Å². The molecule has 0 spiro atoms. The van der Waals surface area contributed by atoms with E-state index in [1.54, 1.807) is 0 Å². The lowest BCUT2D eigenvalue weighted by Gasteiger charge is -2.16. The van der Waals surface area contributed by atoms with Crippen LogP contribution >= 0.6 is 0 Å². The van der Waals surface area contributed by atoms with E-state index in [1.807, 2.05) is 0 Å². The number of benzene rings is 3. The molecular formula is C23H24. The molecule has 0 nitrogen and oxygen atoms in total. The smallest absolute Gasteiger partial charge is 0.00170 e. The van der Waals surface area contributed by atoms with Crippen LogP contribution in [0.15, 0.2) is 60.7 Å². The molecule has 0 fully saturated rings. The van der Waals surface area contributed by atoms with Crippen LogP contribution in [0.2, 0.25) is 0 Å². The molecule has 0 saturated carbocycles. The van der Waals surface area contributed by atoms with Crippen molar-refractivity contribution in [1.82, 2.24) is 0 Å². The average molecular weight is 300 g/mol. The van der Waals surface area contributed by atoms with E-state index in [1.165, 1.54) is 44.5 Å². The van der Waals surface area contributed by atoms with Gasteiger partial charge in [0.05, 0.1) is 0 Å². The molecule has 0 bridgehead atoms. The quantitative estimate of drug-likeness (QED) is 0.542. The zero-order chi connectivity index (χ0) is 16.4. The molecule has 3 aromatic rings. The van der Waals surface area contributed by atoms with Crippen molar-refractivity contribution in [2.45, 2.75) is 34.1 Å². The zero-order valence-corrected chi connectivity index (χ0v) is 14.5. The van der Waals surface area contributed by atoms with E-state index < -0.39 is 0 Å². The summed E-state index contributed by atoms with van der Waals surface area (Å²) in [5.74, 6) is 0. The highest BCUT2D eigenvalue weighted by Gasteiger charge is 2.11. The standard InChI is InChI=1S/C23H24/c1-16-13-14-22(19(4)18(16)3)23-12-8-7-11-21(23)15-20-10-6-5-9-17(20)2/h5-14H,15H2,1-4H3. The summed E-state index contributed by atoms with van der Waals surface area (Å²) in [6.07, 6.45) is 0.981. The maximum absolute atomic E-state index is 2.27. The van der Waals surface area contributed by atoms with Gasteiger partial charge in [0.1, 0.15) is 0 Å². The van der Waals surface area contributed by atoms with E-state index in [-0.39, 0.29) is 0 Å². The fourth-order valence-electron chi connectivity index (χ4n) is 3.20. The van der Waals surface area contributed by atoms with E-state index in [0.29, 0.717) is 0 Å². The van der Waals surface area contributed by atoms with E-state index in [0.717, 1.165) is 6.42 Å². The Bertz CT molecular complexity index is 840. The summed E-state index contributed by atoms with van der Waals surface area (Å²) in [5.41, 5.74) is 11.0. The fourth-order valence-corrected chi connectivity index (χ4v) is 3.20. The predicted octanol–water partition coefficient (Wildman–Crippen LogP) is 6.18. The van der Waals surface area contributed by atoms with Crippen molar-refractivity contribution in [1.29, 1.82) is 0 Å². The molecule has 3 aromatic carbocycles. The van der Waals surface area contributed by atoms with Crippen LogP contribution in [0.1, 0.15) is 33.4 Å². The second-order valence-corrected chi connectivity index (χ2v) is 6.44. The molecule has 0 unspecified atom stereocenters. The first-order valence-electron chi connectivity index (χ1n) is 8.27. The fraction of sp³-hybridized carbons (Fsp3) is 0.217. The van der Waals surface area contributed by atoms with Crippen molar-refractivity contribution in [3.63, 3.8) is 0 Å². The Hall–Kier alpha value is -2.34. The van der Waals surface area contributed by atoms with Gasteiger partial charge < -0.3 is 0 Å². The molecule has 3 rings (SSSR count). The maximum Gasteiger partial charge on any atom is -0.00170 e. The van der Waals surface area contributed by atoms with Crippen molar-refractivity contribution in [3.8, 4) is 11.1 Å². The van der Waals surface area contributed by atoms with Gasteiger partial charge >= 0.3 is 0 Å². The van der Waals surface area contributed by atoms with Gasteiger partial charge in [-0.2, -0.15) is 0 Å². The summed E-state index contributed by atoms with van der Waals surface area (Å²) in [4.78, 5) is 0. The van der Waals surface area contributed by atoms with Crippen LogP contribution in [0.5, 0.6) is 0 Å². The summed E-state index contributed by atoms with van der Waals surface area (Å²) in [6.45, 7) is 8.84. The highest BCUT2D eigenvalue weighted by Crippen LogP contribution is 2.31. The van der Waals surface area contributed by atoms with Gasteiger partial charge in [0, 0.05) is 0 Å². The minimum Gasteiger partial charge on any atom is -0.0620 e. The third-order valence-electron chi connectivity index (χ3n) is 5.01. The molecule has 0 heterocycles. The van der Waals surface area contributed by atoms with Crippen molar-refractivity contribution >= 4 is 0 Å².